The largest absolute Gasteiger partial charge is 0.494 e. The molecule has 15 nitrogen and oxygen atoms in total. The fourth-order valence-corrected chi connectivity index (χ4v) is 9.24. The standard InChI is InChI=1S/C39H50F3N5O10S/c1-22-10-6-7-11-24-18-38(24,34(51)46-58(53,54)37(21-48)14-15-37)45-31(49)28-17-25(56-32-27-13-9-8-12-26(27)29(55-5)19-43-32)20-47(28)33(50)30(23(2)16-22)44-35(52)57-36(3,4)39(40,41)42/h7-9,11-13,19,22-25,28,30,48H,6,10,14-18,20-21H2,1-5H3,(H,44,52)(H,45,49)(H,46,51)/b11-7-/t22-,23+,24+,25+,28-,30-,38+/m0/s1. The highest BCUT2D eigenvalue weighted by Gasteiger charge is 2.64. The Morgan fingerprint density at radius 3 is 2.43 bits per heavy atom. The first-order chi connectivity index (χ1) is 27.2. The third-order valence-electron chi connectivity index (χ3n) is 11.8. The molecule has 1 aromatic heterocycles. The summed E-state index contributed by atoms with van der Waals surface area (Å²) < 4.78 is 84.8. The molecule has 3 heterocycles. The molecule has 1 aromatic carbocycles. The number of fused-ring (bicyclic) bond motifs is 3. The number of benzene rings is 1. The number of halogens is 3. The fraction of sp³-hybridized carbons (Fsp3) is 0.615. The number of allylic oxidation sites excluding steroid dienone is 1. The van der Waals surface area contributed by atoms with E-state index in [2.05, 4.69) is 20.3 Å². The molecule has 3 fully saturated rings. The number of hydrogen-bond donors (Lipinski definition) is 4. The van der Waals surface area contributed by atoms with Crippen LogP contribution in [0.25, 0.3) is 10.8 Å². The zero-order valence-electron chi connectivity index (χ0n) is 32.9. The lowest BCUT2D eigenvalue weighted by Gasteiger charge is -2.34. The number of carbonyl (C=O) groups is 4. The summed E-state index contributed by atoms with van der Waals surface area (Å²) in [6, 6.07) is 4.29. The summed E-state index contributed by atoms with van der Waals surface area (Å²) in [6.45, 7) is 4.02. The quantitative estimate of drug-likeness (QED) is 0.267. The Morgan fingerprint density at radius 2 is 1.79 bits per heavy atom. The van der Waals surface area contributed by atoms with Gasteiger partial charge in [-0.1, -0.05) is 44.2 Å². The number of carbonyl (C=O) groups excluding carboxylic acids is 4. The first-order valence-corrected chi connectivity index (χ1v) is 20.8. The Labute approximate surface area is 334 Å². The third-order valence-corrected chi connectivity index (χ3v) is 14.0. The van der Waals surface area contributed by atoms with Gasteiger partial charge in [0.05, 0.1) is 26.5 Å². The van der Waals surface area contributed by atoms with Crippen LogP contribution in [0.1, 0.15) is 72.6 Å². The number of aliphatic hydroxyl groups excluding tert-OH is 1. The number of methoxy groups -OCH3 is 1. The molecular formula is C39H50F3N5O10S. The van der Waals surface area contributed by atoms with E-state index in [4.69, 9.17) is 14.2 Å². The van der Waals surface area contributed by atoms with Crippen LogP contribution in [0.5, 0.6) is 11.6 Å². The summed E-state index contributed by atoms with van der Waals surface area (Å²) in [4.78, 5) is 61.8. The van der Waals surface area contributed by atoms with Crippen LogP contribution in [-0.2, 0) is 29.1 Å². The van der Waals surface area contributed by atoms with Crippen LogP contribution >= 0.6 is 0 Å². The number of amides is 4. The Hall–Kier alpha value is -4.65. The highest BCUT2D eigenvalue weighted by Crippen LogP contribution is 2.48. The van der Waals surface area contributed by atoms with Gasteiger partial charge in [0.2, 0.25) is 33.3 Å². The number of sulfonamides is 1. The Kier molecular flexibility index (Phi) is 11.7. The summed E-state index contributed by atoms with van der Waals surface area (Å²) in [6.07, 6.45) is -0.629. The molecule has 7 atom stereocenters. The monoisotopic (exact) mass is 837 g/mol. The molecule has 2 aromatic rings. The van der Waals surface area contributed by atoms with Gasteiger partial charge >= 0.3 is 12.3 Å². The predicted octanol–water partition coefficient (Wildman–Crippen LogP) is 3.89. The van der Waals surface area contributed by atoms with Crippen LogP contribution in [0.4, 0.5) is 18.0 Å². The molecule has 2 aliphatic carbocycles. The molecule has 6 rings (SSSR count). The maximum atomic E-state index is 14.7. The summed E-state index contributed by atoms with van der Waals surface area (Å²) in [5.74, 6) is -3.31. The normalized spacial score (nSPS) is 29.4. The van der Waals surface area contributed by atoms with Crippen molar-refractivity contribution in [1.82, 2.24) is 25.2 Å². The zero-order chi connectivity index (χ0) is 42.4. The molecule has 4 aliphatic rings. The molecule has 0 spiro atoms. The van der Waals surface area contributed by atoms with E-state index in [-0.39, 0.29) is 44.0 Å². The van der Waals surface area contributed by atoms with E-state index < -0.39 is 92.5 Å². The number of ether oxygens (including phenoxy) is 3. The van der Waals surface area contributed by atoms with Crippen molar-refractivity contribution < 1.29 is 60.1 Å². The number of nitrogens with zero attached hydrogens (tertiary/aromatic N) is 2. The molecule has 0 bridgehead atoms. The van der Waals surface area contributed by atoms with Gasteiger partial charge in [-0.15, -0.1) is 0 Å². The van der Waals surface area contributed by atoms with E-state index >= 15 is 0 Å². The maximum Gasteiger partial charge on any atom is 0.427 e. The van der Waals surface area contributed by atoms with Crippen LogP contribution in [0.2, 0.25) is 0 Å². The highest BCUT2D eigenvalue weighted by atomic mass is 32.2. The molecule has 4 amide bonds. The number of rotatable bonds is 9. The van der Waals surface area contributed by atoms with E-state index in [1.807, 2.05) is 13.0 Å². The number of hydrogen-bond acceptors (Lipinski definition) is 11. The first kappa shape index (κ1) is 42.9. The molecule has 0 unspecified atom stereocenters. The zero-order valence-corrected chi connectivity index (χ0v) is 33.7. The predicted molar refractivity (Wildman–Crippen MR) is 203 cm³/mol. The van der Waals surface area contributed by atoms with E-state index in [0.29, 0.717) is 49.6 Å². The molecule has 2 aliphatic heterocycles. The number of aliphatic hydroxyl groups is 1. The van der Waals surface area contributed by atoms with E-state index in [1.165, 1.54) is 13.3 Å². The average molecular weight is 838 g/mol. The number of aromatic nitrogens is 1. The molecular weight excluding hydrogens is 788 g/mol. The molecule has 2 saturated carbocycles. The van der Waals surface area contributed by atoms with Gasteiger partial charge in [0.25, 0.3) is 5.91 Å². The van der Waals surface area contributed by atoms with Crippen LogP contribution in [0.15, 0.2) is 42.6 Å². The average Bonchev–Trinajstić information content (AvgIpc) is 4.06. The smallest absolute Gasteiger partial charge is 0.427 e. The van der Waals surface area contributed by atoms with Crippen molar-refractivity contribution in [2.24, 2.45) is 17.8 Å². The van der Waals surface area contributed by atoms with Gasteiger partial charge in [-0.3, -0.25) is 19.1 Å². The molecule has 1 saturated heterocycles. The maximum absolute atomic E-state index is 14.7. The van der Waals surface area contributed by atoms with Gasteiger partial charge in [-0.05, 0) is 70.3 Å². The second-order valence-electron chi connectivity index (χ2n) is 16.5. The lowest BCUT2D eigenvalue weighted by Crippen LogP contribution is -2.60. The SMILES string of the molecule is COc1cnc(O[C@@H]2C[C@H]3C(=O)N[C@]4(C(=O)NS(=O)(=O)C5(CO)CC5)C[C@H]4/C=C\CC[C@H](C)C[C@@H](C)[C@H](NC(=O)OC(C)(C)C(F)(F)F)C(=O)N3C2)c2ccccc12. The molecule has 0 radical (unpaired) electrons. The molecule has 4 N–H and O–H groups in total. The van der Waals surface area contributed by atoms with Crippen molar-refractivity contribution in [1.29, 1.82) is 0 Å². The minimum atomic E-state index is -4.92. The summed E-state index contributed by atoms with van der Waals surface area (Å²) in [7, 11) is -2.85. The van der Waals surface area contributed by atoms with Crippen LogP contribution in [0.3, 0.4) is 0 Å². The lowest BCUT2D eigenvalue weighted by atomic mass is 9.88. The fourth-order valence-electron chi connectivity index (χ4n) is 7.79. The Morgan fingerprint density at radius 1 is 1.10 bits per heavy atom. The van der Waals surface area contributed by atoms with Crippen LogP contribution in [-0.4, -0.2) is 108 Å². The number of alkyl halides is 3. The van der Waals surface area contributed by atoms with Crippen molar-refractivity contribution in [2.45, 2.75) is 113 Å². The number of nitrogens with one attached hydrogen (secondary N) is 3. The van der Waals surface area contributed by atoms with Gasteiger partial charge in [0.15, 0.2) is 0 Å². The second kappa shape index (κ2) is 15.8. The van der Waals surface area contributed by atoms with Crippen LogP contribution in [0, 0.1) is 17.8 Å². The van der Waals surface area contributed by atoms with Crippen molar-refractivity contribution in [3.8, 4) is 11.6 Å². The van der Waals surface area contributed by atoms with E-state index in [9.17, 15) is 45.9 Å². The minimum Gasteiger partial charge on any atom is -0.494 e. The molecule has 318 valence electrons. The van der Waals surface area contributed by atoms with Gasteiger partial charge in [-0.25, -0.2) is 18.2 Å². The summed E-state index contributed by atoms with van der Waals surface area (Å²) in [5, 5.41) is 16.2. The Balaban J connectivity index is 1.36. The van der Waals surface area contributed by atoms with Gasteiger partial charge in [-0.2, -0.15) is 13.2 Å². The number of pyridine rings is 1. The minimum absolute atomic E-state index is 0.0443. The Bertz CT molecular complexity index is 2080. The van der Waals surface area contributed by atoms with Crippen LogP contribution < -0.4 is 24.8 Å². The van der Waals surface area contributed by atoms with Crippen molar-refractivity contribution in [3.63, 3.8) is 0 Å². The molecule has 58 heavy (non-hydrogen) atoms. The van der Waals surface area contributed by atoms with Crippen molar-refractivity contribution in [2.75, 3.05) is 20.3 Å². The van der Waals surface area contributed by atoms with Crippen molar-refractivity contribution in [3.05, 3.63) is 42.6 Å². The number of alkyl carbamates (subject to hydrolysis) is 1. The summed E-state index contributed by atoms with van der Waals surface area (Å²) in [5.41, 5.74) is -4.62. The van der Waals surface area contributed by atoms with E-state index in [1.54, 1.807) is 37.3 Å². The second-order valence-corrected chi connectivity index (χ2v) is 18.6. The van der Waals surface area contributed by atoms with Gasteiger partial charge in [0, 0.05) is 23.1 Å². The topological polar surface area (TPSA) is 203 Å². The van der Waals surface area contributed by atoms with Gasteiger partial charge in [0.1, 0.15) is 34.2 Å². The third kappa shape index (κ3) is 8.42. The first-order valence-electron chi connectivity index (χ1n) is 19.3. The molecule has 19 heteroatoms. The van der Waals surface area contributed by atoms with Crippen molar-refractivity contribution >= 4 is 44.6 Å². The van der Waals surface area contributed by atoms with Gasteiger partial charge < -0.3 is 34.9 Å². The lowest BCUT2D eigenvalue weighted by molar-refractivity contribution is -0.244. The summed E-state index contributed by atoms with van der Waals surface area (Å²) >= 11 is 0. The highest BCUT2D eigenvalue weighted by molar-refractivity contribution is 7.91. The van der Waals surface area contributed by atoms with E-state index in [0.717, 1.165) is 4.90 Å².